The van der Waals surface area contributed by atoms with Gasteiger partial charge in [0.1, 0.15) is 0 Å². The first kappa shape index (κ1) is 39.4. The Morgan fingerprint density at radius 3 is 1.72 bits per heavy atom. The summed E-state index contributed by atoms with van der Waals surface area (Å²) in [6, 6.07) is 15.1. The molecule has 0 aliphatic rings. The summed E-state index contributed by atoms with van der Waals surface area (Å²) in [4.78, 5) is 9.96. The van der Waals surface area contributed by atoms with Crippen molar-refractivity contribution in [3.05, 3.63) is 83.5 Å². The van der Waals surface area contributed by atoms with E-state index in [1.165, 1.54) is 132 Å². The number of benzene rings is 2. The van der Waals surface area contributed by atoms with Crippen LogP contribution in [0.4, 0.5) is 11.4 Å². The molecule has 0 atom stereocenters. The average Bonchev–Trinajstić information content (AvgIpc) is 3.04. The highest BCUT2D eigenvalue weighted by Crippen LogP contribution is 2.22. The fourth-order valence-electron chi connectivity index (χ4n) is 6.07. The number of nitrogens with zero attached hydrogens (tertiary/aromatic N) is 2. The molecule has 0 saturated carbocycles. The highest BCUT2D eigenvalue weighted by molar-refractivity contribution is 6.36. The molecule has 46 heavy (non-hydrogen) atoms. The molecule has 0 aliphatic carbocycles. The van der Waals surface area contributed by atoms with Crippen molar-refractivity contribution in [2.75, 3.05) is 0 Å². The number of hydrogen-bond donors (Lipinski definition) is 0. The summed E-state index contributed by atoms with van der Waals surface area (Å²) in [5.74, 6) is 0. The first-order valence-corrected chi connectivity index (χ1v) is 19.2. The topological polar surface area (TPSA) is 24.7 Å². The second-order valence-electron chi connectivity index (χ2n) is 13.4. The summed E-state index contributed by atoms with van der Waals surface area (Å²) in [6.07, 6.45) is 40.4. The zero-order chi connectivity index (χ0) is 32.9. The number of unbranched alkanes of at least 4 members (excludes halogenated alkanes) is 18. The van der Waals surface area contributed by atoms with Crippen LogP contribution in [-0.2, 0) is 6.42 Å². The molecular formula is C44H68N2. The highest BCUT2D eigenvalue weighted by Gasteiger charge is 2.02. The summed E-state index contributed by atoms with van der Waals surface area (Å²) in [5.41, 5.74) is 6.77. The number of allylic oxidation sites excluding steroid dienone is 4. The molecular weight excluding hydrogens is 556 g/mol. The Hall–Kier alpha value is -2.74. The summed E-state index contributed by atoms with van der Waals surface area (Å²) >= 11 is 0. The van der Waals surface area contributed by atoms with Crippen LogP contribution in [0.25, 0.3) is 0 Å². The predicted octanol–water partition coefficient (Wildman–Crippen LogP) is 14.7. The number of rotatable bonds is 27. The Balaban J connectivity index is 1.79. The standard InChI is InChI=1S/C44H68N2/c1-5-7-9-11-13-14-15-16-17-18-19-20-21-22-23-24-26-28-33-42(38-45-43-36-39(3)35-40(4)37-43)46-44-34-30-29-32-41(44)31-27-25-12-10-8-6-2/h10,12,28-30,32-38H,5-9,11,13-27,31H2,1-4H3. The van der Waals surface area contributed by atoms with Gasteiger partial charge in [0.2, 0.25) is 0 Å². The smallest absolute Gasteiger partial charge is 0.0816 e. The molecule has 0 spiro atoms. The van der Waals surface area contributed by atoms with Gasteiger partial charge in [0.25, 0.3) is 0 Å². The van der Waals surface area contributed by atoms with Gasteiger partial charge in [-0.2, -0.15) is 0 Å². The SMILES string of the molecule is CCCC=CCCCc1ccccc1N=C(C=CCCCCCCCCCCCCCCCCCC)C=Nc1cc(C)cc(C)c1. The molecule has 254 valence electrons. The van der Waals surface area contributed by atoms with Crippen molar-refractivity contribution in [1.29, 1.82) is 0 Å². The third-order valence-electron chi connectivity index (χ3n) is 8.75. The Kier molecular flexibility index (Phi) is 23.5. The molecule has 2 heteroatoms. The lowest BCUT2D eigenvalue weighted by atomic mass is 10.0. The van der Waals surface area contributed by atoms with Crippen molar-refractivity contribution >= 4 is 23.3 Å². The minimum Gasteiger partial charge on any atom is -0.255 e. The molecule has 2 aromatic rings. The van der Waals surface area contributed by atoms with Crippen LogP contribution in [0, 0.1) is 13.8 Å². The van der Waals surface area contributed by atoms with E-state index in [1.807, 2.05) is 6.21 Å². The quantitative estimate of drug-likeness (QED) is 0.0537. The molecule has 2 aromatic carbocycles. The molecule has 0 aromatic heterocycles. The molecule has 0 radical (unpaired) electrons. The number of para-hydroxylation sites is 1. The first-order chi connectivity index (χ1) is 22.6. The minimum atomic E-state index is 0.922. The van der Waals surface area contributed by atoms with Gasteiger partial charge in [-0.3, -0.25) is 4.99 Å². The molecule has 0 heterocycles. The molecule has 0 unspecified atom stereocenters. The fourth-order valence-corrected chi connectivity index (χ4v) is 6.07. The number of aryl methyl sites for hydroxylation is 3. The van der Waals surface area contributed by atoms with Gasteiger partial charge in [-0.1, -0.05) is 159 Å². The van der Waals surface area contributed by atoms with E-state index in [2.05, 4.69) is 94.5 Å². The van der Waals surface area contributed by atoms with E-state index in [0.29, 0.717) is 0 Å². The summed E-state index contributed by atoms with van der Waals surface area (Å²) < 4.78 is 0. The summed E-state index contributed by atoms with van der Waals surface area (Å²) in [7, 11) is 0. The van der Waals surface area contributed by atoms with E-state index >= 15 is 0 Å². The third kappa shape index (κ3) is 20.4. The normalized spacial score (nSPS) is 12.4. The van der Waals surface area contributed by atoms with Gasteiger partial charge in [0, 0.05) is 0 Å². The lowest BCUT2D eigenvalue weighted by Gasteiger charge is -2.06. The van der Waals surface area contributed by atoms with Crippen LogP contribution in [0.15, 0.2) is 76.8 Å². The lowest BCUT2D eigenvalue weighted by Crippen LogP contribution is -1.96. The van der Waals surface area contributed by atoms with Gasteiger partial charge in [-0.15, -0.1) is 0 Å². The van der Waals surface area contributed by atoms with Gasteiger partial charge in [0.05, 0.1) is 23.3 Å². The Morgan fingerprint density at radius 1 is 0.565 bits per heavy atom. The molecule has 0 fully saturated rings. The Morgan fingerprint density at radius 2 is 1.11 bits per heavy atom. The maximum atomic E-state index is 5.12. The first-order valence-electron chi connectivity index (χ1n) is 19.2. The average molecular weight is 625 g/mol. The molecule has 0 aliphatic heterocycles. The maximum absolute atomic E-state index is 5.12. The summed E-state index contributed by atoms with van der Waals surface area (Å²) in [6.45, 7) is 8.79. The molecule has 2 rings (SSSR count). The van der Waals surface area contributed by atoms with Crippen LogP contribution in [0.1, 0.15) is 165 Å². The molecule has 0 amide bonds. The van der Waals surface area contributed by atoms with E-state index in [9.17, 15) is 0 Å². The molecule has 2 nitrogen and oxygen atoms in total. The van der Waals surface area contributed by atoms with E-state index in [1.54, 1.807) is 0 Å². The number of aliphatic imine (C=N–C) groups is 2. The van der Waals surface area contributed by atoms with Crippen molar-refractivity contribution < 1.29 is 0 Å². The van der Waals surface area contributed by atoms with Gasteiger partial charge in [-0.25, -0.2) is 4.99 Å². The second kappa shape index (κ2) is 27.4. The van der Waals surface area contributed by atoms with Gasteiger partial charge in [-0.05, 0) is 93.3 Å². The second-order valence-corrected chi connectivity index (χ2v) is 13.4. The largest absolute Gasteiger partial charge is 0.255 e. The van der Waals surface area contributed by atoms with Crippen LogP contribution < -0.4 is 0 Å². The van der Waals surface area contributed by atoms with Crippen LogP contribution in [0.5, 0.6) is 0 Å². The van der Waals surface area contributed by atoms with Gasteiger partial charge >= 0.3 is 0 Å². The Labute approximate surface area is 285 Å². The van der Waals surface area contributed by atoms with Crippen LogP contribution in [-0.4, -0.2) is 11.9 Å². The van der Waals surface area contributed by atoms with Gasteiger partial charge in [0.15, 0.2) is 0 Å². The molecule has 0 saturated heterocycles. The van der Waals surface area contributed by atoms with Crippen LogP contribution >= 0.6 is 0 Å². The zero-order valence-corrected chi connectivity index (χ0v) is 30.4. The van der Waals surface area contributed by atoms with Crippen LogP contribution in [0.3, 0.4) is 0 Å². The number of hydrogen-bond acceptors (Lipinski definition) is 2. The third-order valence-corrected chi connectivity index (χ3v) is 8.75. The van der Waals surface area contributed by atoms with Crippen molar-refractivity contribution in [2.24, 2.45) is 9.98 Å². The Bertz CT molecular complexity index is 1130. The zero-order valence-electron chi connectivity index (χ0n) is 30.4. The van der Waals surface area contributed by atoms with Gasteiger partial charge < -0.3 is 0 Å². The van der Waals surface area contributed by atoms with Crippen molar-refractivity contribution in [3.63, 3.8) is 0 Å². The van der Waals surface area contributed by atoms with E-state index in [0.717, 1.165) is 42.8 Å². The maximum Gasteiger partial charge on any atom is 0.0816 e. The molecule has 0 N–H and O–H groups in total. The summed E-state index contributed by atoms with van der Waals surface area (Å²) in [5, 5.41) is 0. The van der Waals surface area contributed by atoms with Crippen molar-refractivity contribution in [2.45, 2.75) is 169 Å². The fraction of sp³-hybridized carbons (Fsp3) is 0.591. The monoisotopic (exact) mass is 625 g/mol. The lowest BCUT2D eigenvalue weighted by molar-refractivity contribution is 0.530. The molecule has 0 bridgehead atoms. The van der Waals surface area contributed by atoms with Crippen molar-refractivity contribution in [3.8, 4) is 0 Å². The van der Waals surface area contributed by atoms with Crippen molar-refractivity contribution in [1.82, 2.24) is 0 Å². The highest BCUT2D eigenvalue weighted by atomic mass is 14.8. The minimum absolute atomic E-state index is 0.922. The van der Waals surface area contributed by atoms with E-state index < -0.39 is 0 Å². The van der Waals surface area contributed by atoms with E-state index in [4.69, 9.17) is 9.98 Å². The predicted molar refractivity (Wildman–Crippen MR) is 208 cm³/mol. The van der Waals surface area contributed by atoms with Crippen LogP contribution in [0.2, 0.25) is 0 Å². The van der Waals surface area contributed by atoms with E-state index in [-0.39, 0.29) is 0 Å².